The SMILES string of the molecule is COc1cc(C)c(S(=O)(=O)NC(=NCCC[C@H](NC(=O)OC(C)(C)C)C(O)C(=O)N[C@H](Cc2ccccc2)C(=O)N[C@H](/C=C/C(=O)NC[C@H](NC(C)=O)C(=O)N2CCC[C@H]2C(=O)OCC(=O)c2ccccc2)Cc2ccc(OCc3ccccc3)cc2)NC(=O)OC(C)(C)C)c(C)c1C. The Morgan fingerprint density at radius 2 is 1.32 bits per heavy atom. The van der Waals surface area contributed by atoms with Gasteiger partial charge in [-0.05, 0) is 146 Å². The van der Waals surface area contributed by atoms with Crippen molar-refractivity contribution in [3.63, 3.8) is 0 Å². The Balaban J connectivity index is 1.23. The van der Waals surface area contributed by atoms with Crippen molar-refractivity contribution in [3.8, 4) is 11.5 Å². The molecule has 1 aliphatic heterocycles. The van der Waals surface area contributed by atoms with E-state index < -0.39 is 130 Å². The second-order valence-electron chi connectivity index (χ2n) is 25.7. The molecule has 5 aromatic carbocycles. The fourth-order valence-corrected chi connectivity index (χ4v) is 12.1. The number of aryl methyl sites for hydroxylation is 1. The number of esters is 1. The summed E-state index contributed by atoms with van der Waals surface area (Å²) in [6, 6.07) is 28.7. The van der Waals surface area contributed by atoms with Crippen molar-refractivity contribution < 1.29 is 80.4 Å². The van der Waals surface area contributed by atoms with Gasteiger partial charge in [0.25, 0.3) is 15.9 Å². The predicted octanol–water partition coefficient (Wildman–Crippen LogP) is 6.44. The van der Waals surface area contributed by atoms with Crippen LogP contribution in [0.4, 0.5) is 9.59 Å². The molecule has 26 nitrogen and oxygen atoms in total. The molecule has 5 aromatic rings. The molecule has 1 saturated heterocycles. The van der Waals surface area contributed by atoms with Crippen LogP contribution in [0.15, 0.2) is 143 Å². The molecule has 99 heavy (non-hydrogen) atoms. The van der Waals surface area contributed by atoms with Gasteiger partial charge >= 0.3 is 18.2 Å². The summed E-state index contributed by atoms with van der Waals surface area (Å²) >= 11 is 0. The maximum atomic E-state index is 14.9. The minimum Gasteiger partial charge on any atom is -0.496 e. The number of hydrogen-bond acceptors (Lipinski definition) is 18. The van der Waals surface area contributed by atoms with E-state index in [4.69, 9.17) is 23.7 Å². The summed E-state index contributed by atoms with van der Waals surface area (Å²) in [4.78, 5) is 128. The number of ketones is 1. The quantitative estimate of drug-likeness (QED) is 0.00466. The molecule has 0 aromatic heterocycles. The third-order valence-corrected chi connectivity index (χ3v) is 17.0. The maximum absolute atomic E-state index is 14.9. The number of ether oxygens (including phenoxy) is 5. The molecule has 0 radical (unpaired) electrons. The second kappa shape index (κ2) is 36.4. The number of aliphatic hydroxyl groups excluding tert-OH is 1. The van der Waals surface area contributed by atoms with Crippen LogP contribution in [0.1, 0.15) is 118 Å². The van der Waals surface area contributed by atoms with E-state index in [1.165, 1.54) is 25.0 Å². The number of likely N-dealkylation sites (tertiary alicyclic amines) is 1. The van der Waals surface area contributed by atoms with Crippen LogP contribution in [-0.2, 0) is 72.4 Å². The number of Topliss-reactive ketones (excluding diaryl/α,β-unsaturated/α-hetero) is 1. The zero-order valence-electron chi connectivity index (χ0n) is 57.7. The van der Waals surface area contributed by atoms with Gasteiger partial charge in [-0.15, -0.1) is 0 Å². The summed E-state index contributed by atoms with van der Waals surface area (Å²) in [5.74, 6) is -4.68. The summed E-state index contributed by atoms with van der Waals surface area (Å²) < 4.78 is 58.3. The Morgan fingerprint density at radius 1 is 0.717 bits per heavy atom. The fourth-order valence-electron chi connectivity index (χ4n) is 10.6. The topological polar surface area (TPSA) is 354 Å². The minimum atomic E-state index is -4.45. The van der Waals surface area contributed by atoms with Crippen LogP contribution in [0, 0.1) is 20.8 Å². The van der Waals surface area contributed by atoms with E-state index in [9.17, 15) is 56.7 Å². The van der Waals surface area contributed by atoms with E-state index in [1.54, 1.807) is 153 Å². The Bertz CT molecular complexity index is 3800. The van der Waals surface area contributed by atoms with E-state index in [0.717, 1.165) is 11.6 Å². The van der Waals surface area contributed by atoms with Gasteiger partial charge in [0.05, 0.1) is 24.1 Å². The Kier molecular flexibility index (Phi) is 28.7. The zero-order chi connectivity index (χ0) is 72.6. The zero-order valence-corrected chi connectivity index (χ0v) is 58.5. The van der Waals surface area contributed by atoms with Crippen LogP contribution in [0.3, 0.4) is 0 Å². The standard InChI is InChI=1S/C72H91N9O17S/c1-45-39-60(94-11)46(2)47(3)63(45)99(92,93)80-68(79-70(91)98-72(8,9)10)73-37-21-29-55(78-69(90)97-71(5,6)7)62(85)65(87)77-56(41-49-23-15-12-16-24-49)64(86)76-53(40-50-31-34-54(35-32-50)95-43-51-25-17-13-18-26-51)33-36-61(84)74-42-57(75-48(4)82)66(88)81-38-22-30-58(81)67(89)96-44-59(83)52-27-19-14-20-28-52/h12-20,23-28,31-36,39,53,55-58,62,85H,21-22,29-30,37-38,40-44H2,1-11H3,(H,74,84)(H,75,82)(H,76,86)(H,77,87)(H,78,90)(H2,73,79,80,91)/b36-33+/t53-,55+,56-,57+,58+,62?/m1/s1. The first-order valence-corrected chi connectivity index (χ1v) is 33.9. The molecule has 532 valence electrons. The molecule has 1 fully saturated rings. The lowest BCUT2D eigenvalue weighted by Gasteiger charge is -2.28. The number of alkyl carbamates (subject to hydrolysis) is 2. The molecule has 1 aliphatic rings. The maximum Gasteiger partial charge on any atom is 0.414 e. The Labute approximate surface area is 577 Å². The molecular formula is C72H91N9O17S. The third-order valence-electron chi connectivity index (χ3n) is 15.4. The summed E-state index contributed by atoms with van der Waals surface area (Å²) in [6.07, 6.45) is -1.33. The number of sulfonamides is 1. The van der Waals surface area contributed by atoms with E-state index in [1.807, 2.05) is 30.3 Å². The number of methoxy groups -OCH3 is 1. The number of amides is 7. The second-order valence-corrected chi connectivity index (χ2v) is 27.3. The normalized spacial score (nSPS) is 14.8. The highest BCUT2D eigenvalue weighted by Gasteiger charge is 2.39. The number of aliphatic hydroxyl groups is 1. The molecule has 0 saturated carbocycles. The van der Waals surface area contributed by atoms with Crippen molar-refractivity contribution in [2.75, 3.05) is 33.4 Å². The number of hydrogen-bond donors (Lipinski definition) is 8. The molecule has 6 rings (SSSR count). The molecular weight excluding hydrogens is 1290 g/mol. The van der Waals surface area contributed by atoms with E-state index >= 15 is 0 Å². The molecule has 1 unspecified atom stereocenters. The monoisotopic (exact) mass is 1390 g/mol. The van der Waals surface area contributed by atoms with Gasteiger partial charge in [-0.1, -0.05) is 109 Å². The lowest BCUT2D eigenvalue weighted by atomic mass is 10.0. The van der Waals surface area contributed by atoms with Gasteiger partial charge in [-0.2, -0.15) is 0 Å². The van der Waals surface area contributed by atoms with Crippen LogP contribution in [-0.4, -0.2) is 159 Å². The Morgan fingerprint density at radius 3 is 1.94 bits per heavy atom. The highest BCUT2D eigenvalue weighted by molar-refractivity contribution is 7.90. The van der Waals surface area contributed by atoms with E-state index in [-0.39, 0.29) is 56.7 Å². The lowest BCUT2D eigenvalue weighted by molar-refractivity contribution is -0.153. The molecule has 8 N–H and O–H groups in total. The first kappa shape index (κ1) is 77.9. The van der Waals surface area contributed by atoms with Crippen molar-refractivity contribution in [2.45, 2.75) is 167 Å². The molecule has 0 spiro atoms. The van der Waals surface area contributed by atoms with Crippen molar-refractivity contribution in [1.82, 2.24) is 41.5 Å². The van der Waals surface area contributed by atoms with Gasteiger partial charge in [0.15, 0.2) is 18.5 Å². The minimum absolute atomic E-state index is 0.0563. The van der Waals surface area contributed by atoms with Crippen LogP contribution >= 0.6 is 0 Å². The van der Waals surface area contributed by atoms with Gasteiger partial charge in [0, 0.05) is 44.6 Å². The average molecular weight is 1390 g/mol. The molecule has 6 atom stereocenters. The molecule has 27 heteroatoms. The van der Waals surface area contributed by atoms with Crippen LogP contribution in [0.5, 0.6) is 11.5 Å². The van der Waals surface area contributed by atoms with Crippen LogP contribution in [0.25, 0.3) is 0 Å². The predicted molar refractivity (Wildman–Crippen MR) is 369 cm³/mol. The fraction of sp³-hybridized carbons (Fsp3) is 0.417. The number of nitrogens with zero attached hydrogens (tertiary/aromatic N) is 2. The highest BCUT2D eigenvalue weighted by atomic mass is 32.2. The van der Waals surface area contributed by atoms with Crippen molar-refractivity contribution in [1.29, 1.82) is 0 Å². The van der Waals surface area contributed by atoms with Crippen molar-refractivity contribution in [2.24, 2.45) is 4.99 Å². The molecule has 7 amide bonds. The number of rotatable bonds is 30. The smallest absolute Gasteiger partial charge is 0.414 e. The van der Waals surface area contributed by atoms with Gasteiger partial charge in [-0.3, -0.25) is 39.1 Å². The van der Waals surface area contributed by atoms with Crippen LogP contribution < -0.4 is 46.1 Å². The largest absolute Gasteiger partial charge is 0.496 e. The van der Waals surface area contributed by atoms with Gasteiger partial charge in [0.1, 0.15) is 47.4 Å². The first-order valence-electron chi connectivity index (χ1n) is 32.4. The van der Waals surface area contributed by atoms with Gasteiger partial charge < -0.3 is 60.3 Å². The van der Waals surface area contributed by atoms with Gasteiger partial charge in [0.2, 0.25) is 29.6 Å². The van der Waals surface area contributed by atoms with Gasteiger partial charge in [-0.25, -0.2) is 27.5 Å². The Hall–Kier alpha value is -10.2. The van der Waals surface area contributed by atoms with E-state index in [2.05, 4.69) is 41.6 Å². The summed E-state index contributed by atoms with van der Waals surface area (Å²) in [5, 5.41) is 27.7. The highest BCUT2D eigenvalue weighted by Crippen LogP contribution is 2.31. The summed E-state index contributed by atoms with van der Waals surface area (Å²) in [6.45, 7) is 14.9. The summed E-state index contributed by atoms with van der Waals surface area (Å²) in [7, 11) is -2.99. The number of nitrogens with one attached hydrogen (secondary N) is 7. The van der Waals surface area contributed by atoms with Crippen molar-refractivity contribution >= 4 is 69.5 Å². The number of carbonyl (C=O) groups excluding carboxylic acids is 9. The van der Waals surface area contributed by atoms with Crippen molar-refractivity contribution in [3.05, 3.63) is 172 Å². The number of carbonyl (C=O) groups is 9. The average Bonchev–Trinajstić information content (AvgIpc) is 1.24. The first-order chi connectivity index (χ1) is 46.8. The lowest BCUT2D eigenvalue weighted by Crippen LogP contribution is -2.57. The van der Waals surface area contributed by atoms with Crippen LogP contribution in [0.2, 0.25) is 0 Å². The number of aliphatic imine (C=N–C) groups is 1. The van der Waals surface area contributed by atoms with E-state index in [0.29, 0.717) is 51.3 Å². The number of benzene rings is 5. The molecule has 1 heterocycles. The molecule has 0 bridgehead atoms. The third kappa shape index (κ3) is 25.3. The number of guanidine groups is 1. The summed E-state index contributed by atoms with van der Waals surface area (Å²) in [5.41, 5.74) is 1.77. The molecule has 0 aliphatic carbocycles.